The summed E-state index contributed by atoms with van der Waals surface area (Å²) in [5, 5.41) is 0. The fourth-order valence-corrected chi connectivity index (χ4v) is 5.45. The molecule has 0 radical (unpaired) electrons. The van der Waals surface area contributed by atoms with E-state index >= 15 is 0 Å². The predicted octanol–water partition coefficient (Wildman–Crippen LogP) is 0.991. The second-order valence-corrected chi connectivity index (χ2v) is 10.7. The summed E-state index contributed by atoms with van der Waals surface area (Å²) in [6, 6.07) is 8.06. The van der Waals surface area contributed by atoms with Crippen LogP contribution >= 0.6 is 0 Å². The Balaban J connectivity index is 1.35. The van der Waals surface area contributed by atoms with Gasteiger partial charge in [-0.1, -0.05) is 17.7 Å². The number of likely N-dealkylation sites (tertiary alicyclic amines) is 1. The maximum Gasteiger partial charge on any atom is 0.325 e. The number of rotatable bonds is 7. The first-order valence-electron chi connectivity index (χ1n) is 11.1. The standard InChI is InChI=1S/C23H27N5O5S/c1-16-2-4-19(5-3-16)34(32,33)13-12-28-11-8-24-22(28)17-6-9-27(10-7-17)21(30)15-18-14-20(29)26-23(31)25-18/h2-5,8,11,14,17H,6-7,9-10,12-13,15H2,1H3,(H2,25,26,29,31). The van der Waals surface area contributed by atoms with Crippen LogP contribution in [0.1, 0.15) is 35.8 Å². The fraction of sp³-hybridized carbons (Fsp3) is 0.391. The van der Waals surface area contributed by atoms with E-state index in [0.29, 0.717) is 37.4 Å². The first-order chi connectivity index (χ1) is 16.2. The minimum atomic E-state index is -3.41. The number of H-pyrrole nitrogens is 2. The molecule has 0 unspecified atom stereocenters. The van der Waals surface area contributed by atoms with E-state index in [2.05, 4.69) is 15.0 Å². The van der Waals surface area contributed by atoms with Crippen molar-refractivity contribution in [2.24, 2.45) is 0 Å². The molecule has 2 N–H and O–H groups in total. The van der Waals surface area contributed by atoms with Crippen molar-refractivity contribution in [1.29, 1.82) is 0 Å². The topological polar surface area (TPSA) is 138 Å². The van der Waals surface area contributed by atoms with Crippen LogP contribution in [-0.2, 0) is 27.6 Å². The average molecular weight is 486 g/mol. The van der Waals surface area contributed by atoms with Gasteiger partial charge >= 0.3 is 5.69 Å². The molecular weight excluding hydrogens is 458 g/mol. The predicted molar refractivity (Wildman–Crippen MR) is 125 cm³/mol. The highest BCUT2D eigenvalue weighted by Crippen LogP contribution is 2.27. The Morgan fingerprint density at radius 3 is 2.50 bits per heavy atom. The number of nitrogens with one attached hydrogen (secondary N) is 2. The van der Waals surface area contributed by atoms with Gasteiger partial charge < -0.3 is 14.5 Å². The van der Waals surface area contributed by atoms with E-state index in [1.54, 1.807) is 41.6 Å². The highest BCUT2D eigenvalue weighted by atomic mass is 32.2. The molecule has 1 saturated heterocycles. The first-order valence-corrected chi connectivity index (χ1v) is 12.8. The Morgan fingerprint density at radius 2 is 1.82 bits per heavy atom. The molecule has 4 rings (SSSR count). The summed E-state index contributed by atoms with van der Waals surface area (Å²) in [5.74, 6) is 0.753. The SMILES string of the molecule is Cc1ccc(S(=O)(=O)CCn2ccnc2C2CCN(C(=O)Cc3cc(=O)[nH]c(=O)[nH]3)CC2)cc1. The minimum Gasteiger partial charge on any atom is -0.342 e. The lowest BCUT2D eigenvalue weighted by Crippen LogP contribution is -2.39. The Hall–Kier alpha value is -3.47. The van der Waals surface area contributed by atoms with Gasteiger partial charge in [0.05, 0.1) is 17.1 Å². The van der Waals surface area contributed by atoms with E-state index in [1.807, 2.05) is 11.5 Å². The summed E-state index contributed by atoms with van der Waals surface area (Å²) in [5.41, 5.74) is 0.115. The van der Waals surface area contributed by atoms with Crippen molar-refractivity contribution in [2.75, 3.05) is 18.8 Å². The number of aryl methyl sites for hydroxylation is 2. The van der Waals surface area contributed by atoms with Crippen LogP contribution in [0.3, 0.4) is 0 Å². The number of sulfone groups is 1. The van der Waals surface area contributed by atoms with Crippen molar-refractivity contribution >= 4 is 15.7 Å². The molecule has 3 heterocycles. The van der Waals surface area contributed by atoms with Crippen LogP contribution in [-0.4, -0.2) is 57.6 Å². The summed E-state index contributed by atoms with van der Waals surface area (Å²) >= 11 is 0. The molecule has 0 atom stereocenters. The highest BCUT2D eigenvalue weighted by Gasteiger charge is 2.27. The summed E-state index contributed by atoms with van der Waals surface area (Å²) in [7, 11) is -3.41. The minimum absolute atomic E-state index is 0.0227. The molecule has 0 spiro atoms. The van der Waals surface area contributed by atoms with Crippen LogP contribution in [0.4, 0.5) is 0 Å². The van der Waals surface area contributed by atoms with Crippen molar-refractivity contribution in [3.63, 3.8) is 0 Å². The molecule has 10 nitrogen and oxygen atoms in total. The number of nitrogens with zero attached hydrogens (tertiary/aromatic N) is 3. The molecule has 1 aromatic carbocycles. The van der Waals surface area contributed by atoms with Gasteiger partial charge in [-0.25, -0.2) is 18.2 Å². The number of carbonyl (C=O) groups excluding carboxylic acids is 1. The summed E-state index contributed by atoms with van der Waals surface area (Å²) in [6.45, 7) is 3.26. The molecule has 2 aromatic heterocycles. The van der Waals surface area contributed by atoms with Crippen LogP contribution in [0, 0.1) is 6.92 Å². The largest absolute Gasteiger partial charge is 0.342 e. The molecule has 180 valence electrons. The van der Waals surface area contributed by atoms with E-state index in [0.717, 1.165) is 11.4 Å². The lowest BCUT2D eigenvalue weighted by Gasteiger charge is -2.32. The Labute approximate surface area is 196 Å². The van der Waals surface area contributed by atoms with Crippen LogP contribution in [0.25, 0.3) is 0 Å². The number of carbonyl (C=O) groups is 1. The van der Waals surface area contributed by atoms with Crippen molar-refractivity contribution < 1.29 is 13.2 Å². The maximum absolute atomic E-state index is 12.7. The molecular formula is C23H27N5O5S. The molecule has 11 heteroatoms. The lowest BCUT2D eigenvalue weighted by atomic mass is 9.95. The van der Waals surface area contributed by atoms with Gasteiger partial charge in [0, 0.05) is 49.7 Å². The zero-order valence-electron chi connectivity index (χ0n) is 18.9. The number of hydrogen-bond acceptors (Lipinski definition) is 6. The number of hydrogen-bond donors (Lipinski definition) is 2. The van der Waals surface area contributed by atoms with Crippen molar-refractivity contribution in [3.05, 3.63) is 80.6 Å². The quantitative estimate of drug-likeness (QED) is 0.512. The van der Waals surface area contributed by atoms with Gasteiger partial charge in [0.2, 0.25) is 5.91 Å². The van der Waals surface area contributed by atoms with Crippen LogP contribution in [0.5, 0.6) is 0 Å². The van der Waals surface area contributed by atoms with E-state index in [4.69, 9.17) is 0 Å². The van der Waals surface area contributed by atoms with Gasteiger partial charge in [-0.2, -0.15) is 0 Å². The van der Waals surface area contributed by atoms with Gasteiger partial charge in [-0.15, -0.1) is 0 Å². The fourth-order valence-electron chi connectivity index (χ4n) is 4.23. The molecule has 0 saturated carbocycles. The number of imidazole rings is 1. The summed E-state index contributed by atoms with van der Waals surface area (Å²) in [4.78, 5) is 46.5. The maximum atomic E-state index is 12.7. The second-order valence-electron chi connectivity index (χ2n) is 8.56. The Morgan fingerprint density at radius 1 is 1.12 bits per heavy atom. The number of piperidine rings is 1. The smallest absolute Gasteiger partial charge is 0.325 e. The van der Waals surface area contributed by atoms with Crippen molar-refractivity contribution in [2.45, 2.75) is 43.5 Å². The van der Waals surface area contributed by atoms with Gasteiger partial charge in [0.25, 0.3) is 5.56 Å². The van der Waals surface area contributed by atoms with E-state index < -0.39 is 21.1 Å². The molecule has 1 aliphatic heterocycles. The third-order valence-corrected chi connectivity index (χ3v) is 7.81. The van der Waals surface area contributed by atoms with E-state index in [9.17, 15) is 22.8 Å². The monoisotopic (exact) mass is 485 g/mol. The Bertz CT molecular complexity index is 1350. The van der Waals surface area contributed by atoms with Crippen molar-refractivity contribution in [3.8, 4) is 0 Å². The third kappa shape index (κ3) is 5.53. The molecule has 1 fully saturated rings. The normalized spacial score (nSPS) is 14.9. The third-order valence-electron chi connectivity index (χ3n) is 6.10. The zero-order valence-corrected chi connectivity index (χ0v) is 19.7. The zero-order chi connectivity index (χ0) is 24.3. The molecule has 1 aliphatic rings. The van der Waals surface area contributed by atoms with Gasteiger partial charge in [-0.05, 0) is 31.9 Å². The summed E-state index contributed by atoms with van der Waals surface area (Å²) in [6.07, 6.45) is 4.81. The van der Waals surface area contributed by atoms with Crippen molar-refractivity contribution in [1.82, 2.24) is 24.4 Å². The molecule has 1 amide bonds. The second kappa shape index (κ2) is 9.80. The Kier molecular flexibility index (Phi) is 6.82. The van der Waals surface area contributed by atoms with Gasteiger partial charge in [0.1, 0.15) is 5.82 Å². The first kappa shape index (κ1) is 23.7. The highest BCUT2D eigenvalue weighted by molar-refractivity contribution is 7.91. The number of aromatic amines is 2. The lowest BCUT2D eigenvalue weighted by molar-refractivity contribution is -0.131. The molecule has 0 aliphatic carbocycles. The van der Waals surface area contributed by atoms with Crippen LogP contribution in [0.15, 0.2) is 57.2 Å². The number of aromatic nitrogens is 4. The molecule has 3 aromatic rings. The van der Waals surface area contributed by atoms with E-state index in [-0.39, 0.29) is 29.7 Å². The molecule has 0 bridgehead atoms. The van der Waals surface area contributed by atoms with Gasteiger partial charge in [-0.3, -0.25) is 14.6 Å². The summed E-state index contributed by atoms with van der Waals surface area (Å²) < 4.78 is 27.3. The number of amides is 1. The average Bonchev–Trinajstić information content (AvgIpc) is 3.26. The van der Waals surface area contributed by atoms with Gasteiger partial charge in [0.15, 0.2) is 9.84 Å². The molecule has 34 heavy (non-hydrogen) atoms. The number of benzene rings is 1. The van der Waals surface area contributed by atoms with Crippen LogP contribution in [0.2, 0.25) is 0 Å². The van der Waals surface area contributed by atoms with E-state index in [1.165, 1.54) is 6.07 Å². The van der Waals surface area contributed by atoms with Crippen LogP contribution < -0.4 is 11.2 Å².